The normalized spacial score (nSPS) is 14.4. The van der Waals surface area contributed by atoms with E-state index in [1.807, 2.05) is 42.5 Å². The van der Waals surface area contributed by atoms with Crippen molar-refractivity contribution in [1.29, 1.82) is 0 Å². The molecule has 3 aromatic carbocycles. The Morgan fingerprint density at radius 3 is 2.71 bits per heavy atom. The van der Waals surface area contributed by atoms with Gasteiger partial charge in [0, 0.05) is 6.42 Å². The number of fused-ring (bicyclic) bond motifs is 1. The number of sulfonamides is 1. The molecule has 0 fully saturated rings. The first kappa shape index (κ1) is 18.4. The number of rotatable bonds is 5. The molecular formula is C21H19FN2O3S. The highest BCUT2D eigenvalue weighted by atomic mass is 32.2. The number of ether oxygens (including phenoxy) is 1. The molecule has 5 nitrogen and oxygen atoms in total. The van der Waals surface area contributed by atoms with Crippen LogP contribution in [0, 0.1) is 5.82 Å². The van der Waals surface area contributed by atoms with E-state index in [4.69, 9.17) is 4.74 Å². The van der Waals surface area contributed by atoms with E-state index in [2.05, 4.69) is 4.99 Å². The molecule has 144 valence electrons. The van der Waals surface area contributed by atoms with Crippen LogP contribution >= 0.6 is 0 Å². The number of amidine groups is 1. The number of nitrogens with zero attached hydrogens (tertiary/aromatic N) is 2. The van der Waals surface area contributed by atoms with Gasteiger partial charge in [0.2, 0.25) is 0 Å². The fraction of sp³-hybridized carbons (Fsp3) is 0.190. The molecule has 0 amide bonds. The Labute approximate surface area is 163 Å². The quantitative estimate of drug-likeness (QED) is 0.659. The molecule has 28 heavy (non-hydrogen) atoms. The first-order chi connectivity index (χ1) is 13.5. The lowest BCUT2D eigenvalue weighted by Gasteiger charge is -2.22. The van der Waals surface area contributed by atoms with Gasteiger partial charge in [-0.25, -0.2) is 12.8 Å². The first-order valence-electron chi connectivity index (χ1n) is 8.87. The zero-order valence-electron chi connectivity index (χ0n) is 15.3. The Hall–Kier alpha value is -2.93. The van der Waals surface area contributed by atoms with Gasteiger partial charge in [-0.3, -0.25) is 9.30 Å². The van der Waals surface area contributed by atoms with Gasteiger partial charge in [-0.15, -0.1) is 0 Å². The summed E-state index contributed by atoms with van der Waals surface area (Å²) in [5, 5.41) is 2.14. The van der Waals surface area contributed by atoms with Crippen LogP contribution in [-0.4, -0.2) is 38.8 Å². The predicted molar refractivity (Wildman–Crippen MR) is 107 cm³/mol. The van der Waals surface area contributed by atoms with E-state index in [1.54, 1.807) is 0 Å². The van der Waals surface area contributed by atoms with Crippen LogP contribution < -0.4 is 4.74 Å². The molecule has 1 heterocycles. The van der Waals surface area contributed by atoms with Gasteiger partial charge in [-0.1, -0.05) is 42.5 Å². The van der Waals surface area contributed by atoms with Crippen LogP contribution in [0.1, 0.15) is 5.56 Å². The topological polar surface area (TPSA) is 59.0 Å². The molecule has 0 atom stereocenters. The summed E-state index contributed by atoms with van der Waals surface area (Å²) in [6, 6.07) is 17.4. The molecule has 0 saturated carbocycles. The third-order valence-electron chi connectivity index (χ3n) is 4.81. The van der Waals surface area contributed by atoms with Gasteiger partial charge in [0.15, 0.2) is 0 Å². The summed E-state index contributed by atoms with van der Waals surface area (Å²) in [4.78, 5) is 4.23. The summed E-state index contributed by atoms with van der Waals surface area (Å²) in [6.07, 6.45) is 0.373. The molecule has 3 aromatic rings. The second-order valence-electron chi connectivity index (χ2n) is 6.49. The van der Waals surface area contributed by atoms with Crippen LogP contribution in [-0.2, 0) is 16.4 Å². The van der Waals surface area contributed by atoms with E-state index in [1.165, 1.54) is 23.5 Å². The predicted octanol–water partition coefficient (Wildman–Crippen LogP) is 3.63. The van der Waals surface area contributed by atoms with E-state index < -0.39 is 15.8 Å². The van der Waals surface area contributed by atoms with Gasteiger partial charge >= 0.3 is 0 Å². The number of hydrogen-bond donors (Lipinski definition) is 0. The minimum atomic E-state index is -3.99. The molecule has 7 heteroatoms. The monoisotopic (exact) mass is 398 g/mol. The lowest BCUT2D eigenvalue weighted by Crippen LogP contribution is -2.35. The van der Waals surface area contributed by atoms with Gasteiger partial charge in [0.05, 0.1) is 20.2 Å². The van der Waals surface area contributed by atoms with Crippen LogP contribution in [0.25, 0.3) is 10.8 Å². The van der Waals surface area contributed by atoms with Gasteiger partial charge in [-0.2, -0.15) is 0 Å². The van der Waals surface area contributed by atoms with Crippen LogP contribution in [0.5, 0.6) is 5.75 Å². The van der Waals surface area contributed by atoms with E-state index >= 15 is 0 Å². The average Bonchev–Trinajstić information content (AvgIpc) is 3.17. The molecule has 0 unspecified atom stereocenters. The molecule has 0 radical (unpaired) electrons. The Morgan fingerprint density at radius 1 is 1.11 bits per heavy atom. The Bertz CT molecular complexity index is 1170. The summed E-state index contributed by atoms with van der Waals surface area (Å²) in [6.45, 7) is 0.596. The molecule has 0 aromatic heterocycles. The number of methoxy groups -OCH3 is 1. The molecule has 0 N–H and O–H groups in total. The molecule has 4 rings (SSSR count). The second-order valence-corrected chi connectivity index (χ2v) is 8.32. The number of halogens is 1. The fourth-order valence-electron chi connectivity index (χ4n) is 3.47. The van der Waals surface area contributed by atoms with Crippen molar-refractivity contribution in [3.63, 3.8) is 0 Å². The van der Waals surface area contributed by atoms with E-state index in [0.717, 1.165) is 22.4 Å². The Kier molecular flexibility index (Phi) is 4.77. The van der Waals surface area contributed by atoms with Gasteiger partial charge < -0.3 is 4.74 Å². The standard InChI is InChI=1S/C21H19FN2O3S/c1-27-19-10-9-17(22)14-20(19)28(25,26)24-12-11-23-21(24)13-16-7-4-6-15-5-2-3-8-18(15)16/h2-10,14H,11-13H2,1H3. The van der Waals surface area contributed by atoms with Crippen molar-refractivity contribution in [1.82, 2.24) is 4.31 Å². The summed E-state index contributed by atoms with van der Waals surface area (Å²) < 4.78 is 46.6. The molecule has 1 aliphatic rings. The Morgan fingerprint density at radius 2 is 1.89 bits per heavy atom. The molecule has 0 saturated heterocycles. The van der Waals surface area contributed by atoms with Crippen molar-refractivity contribution in [3.8, 4) is 5.75 Å². The molecule has 1 aliphatic heterocycles. The van der Waals surface area contributed by atoms with Crippen molar-refractivity contribution in [2.45, 2.75) is 11.3 Å². The van der Waals surface area contributed by atoms with E-state index in [0.29, 0.717) is 18.8 Å². The van der Waals surface area contributed by atoms with Crippen molar-refractivity contribution in [2.24, 2.45) is 4.99 Å². The summed E-state index contributed by atoms with van der Waals surface area (Å²) in [7, 11) is -2.63. The molecule has 0 aliphatic carbocycles. The van der Waals surface area contributed by atoms with Crippen LogP contribution in [0.2, 0.25) is 0 Å². The van der Waals surface area contributed by atoms with E-state index in [9.17, 15) is 12.8 Å². The van der Waals surface area contributed by atoms with Crippen LogP contribution in [0.3, 0.4) is 0 Å². The summed E-state index contributed by atoms with van der Waals surface area (Å²) >= 11 is 0. The minimum absolute atomic E-state index is 0.109. The number of hydrogen-bond acceptors (Lipinski definition) is 4. The first-order valence-corrected chi connectivity index (χ1v) is 10.3. The van der Waals surface area contributed by atoms with Crippen molar-refractivity contribution in [3.05, 3.63) is 72.0 Å². The minimum Gasteiger partial charge on any atom is -0.495 e. The van der Waals surface area contributed by atoms with E-state index in [-0.39, 0.29) is 17.2 Å². The average molecular weight is 398 g/mol. The van der Waals surface area contributed by atoms with Crippen molar-refractivity contribution < 1.29 is 17.5 Å². The molecular weight excluding hydrogens is 379 g/mol. The van der Waals surface area contributed by atoms with Crippen molar-refractivity contribution >= 4 is 26.6 Å². The summed E-state index contributed by atoms with van der Waals surface area (Å²) in [5.74, 6) is -0.0772. The highest BCUT2D eigenvalue weighted by Crippen LogP contribution is 2.30. The SMILES string of the molecule is COc1ccc(F)cc1S(=O)(=O)N1CCN=C1Cc1cccc2ccccc12. The third kappa shape index (κ3) is 3.22. The lowest BCUT2D eigenvalue weighted by molar-refractivity contribution is 0.399. The van der Waals surface area contributed by atoms with Gasteiger partial charge in [-0.05, 0) is 34.5 Å². The van der Waals surface area contributed by atoms with Gasteiger partial charge in [0.1, 0.15) is 22.3 Å². The number of benzene rings is 3. The maximum Gasteiger partial charge on any atom is 0.269 e. The van der Waals surface area contributed by atoms with Gasteiger partial charge in [0.25, 0.3) is 10.0 Å². The number of aliphatic imine (C=N–C) groups is 1. The second kappa shape index (κ2) is 7.24. The lowest BCUT2D eigenvalue weighted by atomic mass is 10.0. The summed E-state index contributed by atoms with van der Waals surface area (Å²) in [5.41, 5.74) is 0.991. The Balaban J connectivity index is 1.71. The molecule has 0 spiro atoms. The van der Waals surface area contributed by atoms with Crippen LogP contribution in [0.15, 0.2) is 70.6 Å². The maximum absolute atomic E-state index is 13.8. The fourth-order valence-corrected chi connectivity index (χ4v) is 5.09. The third-order valence-corrected chi connectivity index (χ3v) is 6.66. The largest absolute Gasteiger partial charge is 0.495 e. The van der Waals surface area contributed by atoms with Crippen molar-refractivity contribution in [2.75, 3.05) is 20.2 Å². The zero-order chi connectivity index (χ0) is 19.7. The highest BCUT2D eigenvalue weighted by molar-refractivity contribution is 7.89. The smallest absolute Gasteiger partial charge is 0.269 e. The highest BCUT2D eigenvalue weighted by Gasteiger charge is 2.33. The maximum atomic E-state index is 13.8. The van der Waals surface area contributed by atoms with Crippen LogP contribution in [0.4, 0.5) is 4.39 Å². The zero-order valence-corrected chi connectivity index (χ0v) is 16.1. The molecule has 0 bridgehead atoms.